The third-order valence-electron chi connectivity index (χ3n) is 4.40. The minimum atomic E-state index is -0.509. The maximum atomic E-state index is 12.5. The van der Waals surface area contributed by atoms with E-state index >= 15 is 0 Å². The summed E-state index contributed by atoms with van der Waals surface area (Å²) in [4.78, 5) is 46.8. The standard InChI is InChI=1S/C20H19N7O4/c1-3-31-19(30)14-8-22-27(10-14)20-24-17-16(18(29)25-20)21-11-26(17)9-13-4-6-15(7-5-13)23-12(2)28/h4-8,10-11H,3,9H2,1-2H3,(H,23,28)(H,24,25,29). The van der Waals surface area contributed by atoms with Crippen LogP contribution in [0, 0.1) is 0 Å². The van der Waals surface area contributed by atoms with Gasteiger partial charge in [-0.05, 0) is 24.6 Å². The molecule has 0 aliphatic heterocycles. The average molecular weight is 421 g/mol. The smallest absolute Gasteiger partial charge is 0.341 e. The molecule has 3 heterocycles. The van der Waals surface area contributed by atoms with Crippen molar-refractivity contribution in [2.75, 3.05) is 11.9 Å². The van der Waals surface area contributed by atoms with Gasteiger partial charge in [0.05, 0.1) is 31.2 Å². The third-order valence-corrected chi connectivity index (χ3v) is 4.40. The van der Waals surface area contributed by atoms with Crippen molar-refractivity contribution in [1.82, 2.24) is 29.3 Å². The zero-order valence-corrected chi connectivity index (χ0v) is 16.8. The Bertz CT molecular complexity index is 1320. The van der Waals surface area contributed by atoms with Gasteiger partial charge >= 0.3 is 5.97 Å². The van der Waals surface area contributed by atoms with E-state index in [1.54, 1.807) is 23.6 Å². The molecule has 1 amide bonds. The molecule has 158 valence electrons. The number of amides is 1. The van der Waals surface area contributed by atoms with Crippen LogP contribution in [0.25, 0.3) is 17.1 Å². The van der Waals surface area contributed by atoms with Crippen LogP contribution in [0.3, 0.4) is 0 Å². The van der Waals surface area contributed by atoms with Gasteiger partial charge in [-0.25, -0.2) is 14.5 Å². The number of aromatic nitrogens is 6. The van der Waals surface area contributed by atoms with E-state index in [2.05, 4.69) is 25.4 Å². The van der Waals surface area contributed by atoms with E-state index in [1.807, 2.05) is 12.1 Å². The Morgan fingerprint density at radius 2 is 2.00 bits per heavy atom. The Morgan fingerprint density at radius 3 is 2.71 bits per heavy atom. The Morgan fingerprint density at radius 1 is 1.23 bits per heavy atom. The van der Waals surface area contributed by atoms with E-state index in [4.69, 9.17) is 4.74 Å². The van der Waals surface area contributed by atoms with Crippen molar-refractivity contribution >= 4 is 28.7 Å². The van der Waals surface area contributed by atoms with Crippen LogP contribution < -0.4 is 10.9 Å². The first-order valence-corrected chi connectivity index (χ1v) is 9.48. The largest absolute Gasteiger partial charge is 0.462 e. The van der Waals surface area contributed by atoms with Gasteiger partial charge in [-0.3, -0.25) is 14.6 Å². The number of esters is 1. The summed E-state index contributed by atoms with van der Waals surface area (Å²) in [7, 11) is 0. The van der Waals surface area contributed by atoms with Gasteiger partial charge in [0.15, 0.2) is 11.2 Å². The molecule has 0 atom stereocenters. The van der Waals surface area contributed by atoms with Gasteiger partial charge < -0.3 is 14.6 Å². The molecule has 4 rings (SSSR count). The number of imidazole rings is 1. The monoisotopic (exact) mass is 421 g/mol. The lowest BCUT2D eigenvalue weighted by molar-refractivity contribution is -0.114. The molecular formula is C20H19N7O4. The van der Waals surface area contributed by atoms with Crippen molar-refractivity contribution in [1.29, 1.82) is 0 Å². The highest BCUT2D eigenvalue weighted by molar-refractivity contribution is 5.89. The summed E-state index contributed by atoms with van der Waals surface area (Å²) in [5, 5.41) is 6.80. The van der Waals surface area contributed by atoms with Gasteiger partial charge in [-0.1, -0.05) is 12.1 Å². The molecule has 0 aliphatic carbocycles. The number of rotatable bonds is 6. The van der Waals surface area contributed by atoms with E-state index in [0.29, 0.717) is 17.9 Å². The number of H-pyrrole nitrogens is 1. The predicted molar refractivity (Wildman–Crippen MR) is 111 cm³/mol. The van der Waals surface area contributed by atoms with Crippen LogP contribution in [-0.4, -0.2) is 47.8 Å². The lowest BCUT2D eigenvalue weighted by Crippen LogP contribution is -2.15. The van der Waals surface area contributed by atoms with Gasteiger partial charge in [0.25, 0.3) is 5.56 Å². The van der Waals surface area contributed by atoms with Gasteiger partial charge in [0.2, 0.25) is 11.9 Å². The molecule has 0 aliphatic rings. The Balaban J connectivity index is 1.65. The fourth-order valence-electron chi connectivity index (χ4n) is 3.02. The Hall–Kier alpha value is -4.28. The number of benzene rings is 1. The van der Waals surface area contributed by atoms with Gasteiger partial charge in [0, 0.05) is 18.8 Å². The van der Waals surface area contributed by atoms with Crippen LogP contribution >= 0.6 is 0 Å². The topological polar surface area (TPSA) is 137 Å². The van der Waals surface area contributed by atoms with Crippen LogP contribution in [0.2, 0.25) is 0 Å². The van der Waals surface area contributed by atoms with Crippen molar-refractivity contribution < 1.29 is 14.3 Å². The summed E-state index contributed by atoms with van der Waals surface area (Å²) in [6, 6.07) is 7.32. The molecule has 0 saturated heterocycles. The van der Waals surface area contributed by atoms with Gasteiger partial charge in [-0.15, -0.1) is 0 Å². The first kappa shape index (κ1) is 20.0. The summed E-state index contributed by atoms with van der Waals surface area (Å²) >= 11 is 0. The number of anilines is 1. The lowest BCUT2D eigenvalue weighted by atomic mass is 10.2. The third kappa shape index (κ3) is 4.20. The van der Waals surface area contributed by atoms with Gasteiger partial charge in [0.1, 0.15) is 0 Å². The minimum Gasteiger partial charge on any atom is -0.462 e. The van der Waals surface area contributed by atoms with Crippen LogP contribution in [0.1, 0.15) is 29.8 Å². The summed E-state index contributed by atoms with van der Waals surface area (Å²) in [6.07, 6.45) is 4.31. The summed E-state index contributed by atoms with van der Waals surface area (Å²) in [5.41, 5.74) is 2.01. The van der Waals surface area contributed by atoms with Gasteiger partial charge in [-0.2, -0.15) is 10.1 Å². The molecule has 0 saturated carbocycles. The molecule has 0 unspecified atom stereocenters. The molecular weight excluding hydrogens is 402 g/mol. The van der Waals surface area contributed by atoms with E-state index < -0.39 is 11.5 Å². The highest BCUT2D eigenvalue weighted by Gasteiger charge is 2.15. The maximum Gasteiger partial charge on any atom is 0.341 e. The second kappa shape index (κ2) is 8.22. The SMILES string of the molecule is CCOC(=O)c1cnn(-c2nc3c(ncn3Cc3ccc(NC(C)=O)cc3)c(=O)[nH]2)c1. The number of carbonyl (C=O) groups is 2. The molecule has 31 heavy (non-hydrogen) atoms. The van der Waals surface area contributed by atoms with Crippen LogP contribution in [0.5, 0.6) is 0 Å². The van der Waals surface area contributed by atoms with Crippen LogP contribution in [-0.2, 0) is 16.1 Å². The molecule has 0 fully saturated rings. The molecule has 0 bridgehead atoms. The molecule has 11 heteroatoms. The molecule has 2 N–H and O–H groups in total. The van der Waals surface area contributed by atoms with Crippen molar-refractivity contribution in [3.8, 4) is 5.95 Å². The summed E-state index contributed by atoms with van der Waals surface area (Å²) < 4.78 is 7.98. The fraction of sp³-hybridized carbons (Fsp3) is 0.200. The lowest BCUT2D eigenvalue weighted by Gasteiger charge is -2.07. The second-order valence-corrected chi connectivity index (χ2v) is 6.71. The number of nitrogens with one attached hydrogen (secondary N) is 2. The maximum absolute atomic E-state index is 12.5. The van der Waals surface area contributed by atoms with Crippen molar-refractivity contribution in [2.24, 2.45) is 0 Å². The van der Waals surface area contributed by atoms with Crippen LogP contribution in [0.15, 0.2) is 47.8 Å². The molecule has 4 aromatic rings. The summed E-state index contributed by atoms with van der Waals surface area (Å²) in [5.74, 6) is -0.505. The zero-order chi connectivity index (χ0) is 22.0. The highest BCUT2D eigenvalue weighted by atomic mass is 16.5. The first-order chi connectivity index (χ1) is 14.9. The number of fused-ring (bicyclic) bond motifs is 1. The first-order valence-electron chi connectivity index (χ1n) is 9.48. The number of nitrogens with zero attached hydrogens (tertiary/aromatic N) is 5. The highest BCUT2D eigenvalue weighted by Crippen LogP contribution is 2.14. The molecule has 0 spiro atoms. The fourth-order valence-corrected chi connectivity index (χ4v) is 3.02. The Kier molecular flexibility index (Phi) is 5.31. The quantitative estimate of drug-likeness (QED) is 0.450. The average Bonchev–Trinajstić information content (AvgIpc) is 3.37. The van der Waals surface area contributed by atoms with Crippen molar-refractivity contribution in [3.05, 3.63) is 64.5 Å². The second-order valence-electron chi connectivity index (χ2n) is 6.71. The molecule has 3 aromatic heterocycles. The van der Waals surface area contributed by atoms with Crippen molar-refractivity contribution in [3.63, 3.8) is 0 Å². The predicted octanol–water partition coefficient (Wildman–Crippen LogP) is 1.49. The molecule has 0 radical (unpaired) electrons. The van der Waals surface area contributed by atoms with E-state index in [-0.39, 0.29) is 29.5 Å². The van der Waals surface area contributed by atoms with Crippen molar-refractivity contribution in [2.45, 2.75) is 20.4 Å². The Labute approximate surface area is 175 Å². The number of aromatic amines is 1. The minimum absolute atomic E-state index is 0.144. The zero-order valence-electron chi connectivity index (χ0n) is 16.8. The summed E-state index contributed by atoms with van der Waals surface area (Å²) in [6.45, 7) is 3.82. The molecule has 1 aromatic carbocycles. The van der Waals surface area contributed by atoms with Crippen LogP contribution in [0.4, 0.5) is 5.69 Å². The number of hydrogen-bond donors (Lipinski definition) is 2. The number of carbonyl (C=O) groups excluding carboxylic acids is 2. The number of hydrogen-bond acceptors (Lipinski definition) is 7. The normalized spacial score (nSPS) is 10.9. The molecule has 11 nitrogen and oxygen atoms in total. The number of ether oxygens (including phenoxy) is 1. The van der Waals surface area contributed by atoms with E-state index in [9.17, 15) is 14.4 Å². The van der Waals surface area contributed by atoms with E-state index in [0.717, 1.165) is 5.56 Å². The van der Waals surface area contributed by atoms with E-state index in [1.165, 1.54) is 30.3 Å².